The zero-order chi connectivity index (χ0) is 21.8. The molecule has 0 aliphatic carbocycles. The van der Waals surface area contributed by atoms with Gasteiger partial charge in [0, 0.05) is 32.7 Å². The van der Waals surface area contributed by atoms with Gasteiger partial charge in [0.1, 0.15) is 35.2 Å². The quantitative estimate of drug-likeness (QED) is 0.569. The molecule has 1 saturated heterocycles. The Bertz CT molecular complexity index is 1030. The van der Waals surface area contributed by atoms with Crippen LogP contribution >= 0.6 is 11.6 Å². The molecule has 0 bridgehead atoms. The van der Waals surface area contributed by atoms with Crippen molar-refractivity contribution in [3.63, 3.8) is 0 Å². The van der Waals surface area contributed by atoms with Crippen molar-refractivity contribution < 1.29 is 18.4 Å². The molecule has 1 amide bonds. The average Bonchev–Trinajstić information content (AvgIpc) is 3.15. The first-order valence-corrected chi connectivity index (χ1v) is 10.5. The Morgan fingerprint density at radius 2 is 1.87 bits per heavy atom. The molecule has 1 aliphatic heterocycles. The molecule has 0 N–H and O–H groups in total. The molecule has 2 heterocycles. The van der Waals surface area contributed by atoms with Gasteiger partial charge in [0.05, 0.1) is 10.6 Å². The van der Waals surface area contributed by atoms with E-state index in [9.17, 15) is 9.18 Å². The van der Waals surface area contributed by atoms with Gasteiger partial charge in [-0.2, -0.15) is 0 Å². The number of nitrogens with zero attached hydrogens (tertiary/aromatic N) is 3. The summed E-state index contributed by atoms with van der Waals surface area (Å²) < 4.78 is 25.4. The van der Waals surface area contributed by atoms with Gasteiger partial charge in [0.15, 0.2) is 0 Å². The molecule has 1 aliphatic rings. The van der Waals surface area contributed by atoms with Crippen LogP contribution in [0.1, 0.15) is 16.1 Å². The molecule has 0 spiro atoms. The standard InChI is InChI=1S/C23H23ClFN3O3/c1-16-20(22(26-31-16)21-18(24)8-5-9-19(21)25)23(29)28-12-10-27(11-13-28)14-15-30-17-6-3-2-4-7-17/h2-9H,10-15H2,1H3. The van der Waals surface area contributed by atoms with E-state index in [2.05, 4.69) is 10.1 Å². The molecule has 0 unspecified atom stereocenters. The van der Waals surface area contributed by atoms with Gasteiger partial charge in [-0.15, -0.1) is 0 Å². The molecule has 31 heavy (non-hydrogen) atoms. The van der Waals surface area contributed by atoms with E-state index in [1.54, 1.807) is 17.9 Å². The highest BCUT2D eigenvalue weighted by Gasteiger charge is 2.30. The smallest absolute Gasteiger partial charge is 0.259 e. The van der Waals surface area contributed by atoms with Crippen LogP contribution in [0.15, 0.2) is 53.1 Å². The Morgan fingerprint density at radius 3 is 2.58 bits per heavy atom. The van der Waals surface area contributed by atoms with E-state index >= 15 is 0 Å². The number of carbonyl (C=O) groups is 1. The summed E-state index contributed by atoms with van der Waals surface area (Å²) in [6.45, 7) is 5.57. The summed E-state index contributed by atoms with van der Waals surface area (Å²) >= 11 is 6.18. The molecular weight excluding hydrogens is 421 g/mol. The zero-order valence-corrected chi connectivity index (χ0v) is 17.9. The van der Waals surface area contributed by atoms with Crippen LogP contribution < -0.4 is 4.74 Å². The number of aryl methyl sites for hydroxylation is 1. The summed E-state index contributed by atoms with van der Waals surface area (Å²) in [4.78, 5) is 17.2. The van der Waals surface area contributed by atoms with Crippen molar-refractivity contribution in [2.24, 2.45) is 0 Å². The van der Waals surface area contributed by atoms with E-state index in [4.69, 9.17) is 20.9 Å². The number of rotatable bonds is 6. The second-order valence-corrected chi connectivity index (χ2v) is 7.76. The number of carbonyl (C=O) groups excluding carboxylic acids is 1. The van der Waals surface area contributed by atoms with Crippen LogP contribution in [0.3, 0.4) is 0 Å². The number of ether oxygens (including phenoxy) is 1. The Morgan fingerprint density at radius 1 is 1.13 bits per heavy atom. The van der Waals surface area contributed by atoms with Gasteiger partial charge in [-0.1, -0.05) is 41.0 Å². The third-order valence-electron chi connectivity index (χ3n) is 5.36. The fourth-order valence-electron chi connectivity index (χ4n) is 3.66. The molecule has 3 aromatic rings. The van der Waals surface area contributed by atoms with Crippen LogP contribution in [0.4, 0.5) is 4.39 Å². The topological polar surface area (TPSA) is 58.8 Å². The highest BCUT2D eigenvalue weighted by Crippen LogP contribution is 2.34. The minimum atomic E-state index is -0.543. The first kappa shape index (κ1) is 21.3. The first-order chi connectivity index (χ1) is 15.0. The SMILES string of the molecule is Cc1onc(-c2c(F)cccc2Cl)c1C(=O)N1CCN(CCOc2ccccc2)CC1. The van der Waals surface area contributed by atoms with Crippen molar-refractivity contribution in [2.45, 2.75) is 6.92 Å². The Balaban J connectivity index is 1.39. The molecule has 8 heteroatoms. The molecule has 1 aromatic heterocycles. The van der Waals surface area contributed by atoms with Crippen LogP contribution in [0.5, 0.6) is 5.75 Å². The first-order valence-electron chi connectivity index (χ1n) is 10.1. The van der Waals surface area contributed by atoms with Gasteiger partial charge >= 0.3 is 0 Å². The van der Waals surface area contributed by atoms with Crippen molar-refractivity contribution in [3.05, 3.63) is 70.7 Å². The van der Waals surface area contributed by atoms with Gasteiger partial charge < -0.3 is 14.2 Å². The highest BCUT2D eigenvalue weighted by atomic mass is 35.5. The van der Waals surface area contributed by atoms with Crippen LogP contribution in [-0.2, 0) is 0 Å². The Labute approximate surface area is 185 Å². The molecule has 1 fully saturated rings. The minimum absolute atomic E-state index is 0.0843. The largest absolute Gasteiger partial charge is 0.492 e. The second-order valence-electron chi connectivity index (χ2n) is 7.35. The van der Waals surface area contributed by atoms with E-state index in [1.807, 2.05) is 30.3 Å². The predicted molar refractivity (Wildman–Crippen MR) is 116 cm³/mol. The lowest BCUT2D eigenvalue weighted by Gasteiger charge is -2.34. The summed E-state index contributed by atoms with van der Waals surface area (Å²) in [5, 5.41) is 4.12. The van der Waals surface area contributed by atoms with Crippen LogP contribution in [0.25, 0.3) is 11.3 Å². The number of hydrogen-bond acceptors (Lipinski definition) is 5. The maximum atomic E-state index is 14.4. The lowest BCUT2D eigenvalue weighted by molar-refractivity contribution is 0.0619. The Kier molecular flexibility index (Phi) is 6.53. The summed E-state index contributed by atoms with van der Waals surface area (Å²) in [5.74, 6) is 0.419. The average molecular weight is 444 g/mol. The van der Waals surface area contributed by atoms with Crippen molar-refractivity contribution in [2.75, 3.05) is 39.3 Å². The fourth-order valence-corrected chi connectivity index (χ4v) is 3.91. The van der Waals surface area contributed by atoms with E-state index < -0.39 is 5.82 Å². The van der Waals surface area contributed by atoms with Crippen LogP contribution in [-0.4, -0.2) is 60.2 Å². The lowest BCUT2D eigenvalue weighted by atomic mass is 10.0. The van der Waals surface area contributed by atoms with Gasteiger partial charge in [-0.25, -0.2) is 4.39 Å². The van der Waals surface area contributed by atoms with Gasteiger partial charge in [-0.3, -0.25) is 9.69 Å². The molecule has 4 rings (SSSR count). The summed E-state index contributed by atoms with van der Waals surface area (Å²) in [7, 11) is 0. The lowest BCUT2D eigenvalue weighted by Crippen LogP contribution is -2.49. The summed E-state index contributed by atoms with van der Waals surface area (Å²) in [6.07, 6.45) is 0. The molecule has 162 valence electrons. The number of hydrogen-bond donors (Lipinski definition) is 0. The van der Waals surface area contributed by atoms with E-state index in [0.717, 1.165) is 25.4 Å². The molecule has 0 saturated carbocycles. The fraction of sp³-hybridized carbons (Fsp3) is 0.304. The van der Waals surface area contributed by atoms with Gasteiger partial charge in [-0.05, 0) is 31.2 Å². The number of aromatic nitrogens is 1. The van der Waals surface area contributed by atoms with Crippen LogP contribution in [0.2, 0.25) is 5.02 Å². The van der Waals surface area contributed by atoms with E-state index in [-0.39, 0.29) is 27.8 Å². The number of amides is 1. The van der Waals surface area contributed by atoms with Crippen LogP contribution in [0, 0.1) is 12.7 Å². The minimum Gasteiger partial charge on any atom is -0.492 e. The predicted octanol–water partition coefficient (Wildman–Crippen LogP) is 4.28. The molecular formula is C23H23ClFN3O3. The number of piperazine rings is 1. The third-order valence-corrected chi connectivity index (χ3v) is 5.67. The number of para-hydroxylation sites is 1. The maximum Gasteiger partial charge on any atom is 0.259 e. The van der Waals surface area contributed by atoms with E-state index in [1.165, 1.54) is 12.1 Å². The Hall–Kier alpha value is -2.90. The third kappa shape index (κ3) is 4.73. The number of halogens is 2. The van der Waals surface area contributed by atoms with Gasteiger partial charge in [0.25, 0.3) is 5.91 Å². The summed E-state index contributed by atoms with van der Waals surface area (Å²) in [5.41, 5.74) is 0.484. The normalized spacial score (nSPS) is 14.6. The molecule has 2 aromatic carbocycles. The van der Waals surface area contributed by atoms with Crippen molar-refractivity contribution in [1.82, 2.24) is 15.0 Å². The van der Waals surface area contributed by atoms with Crippen molar-refractivity contribution in [1.29, 1.82) is 0 Å². The molecule has 0 atom stereocenters. The molecule has 0 radical (unpaired) electrons. The van der Waals surface area contributed by atoms with Crippen molar-refractivity contribution in [3.8, 4) is 17.0 Å². The molecule has 6 nitrogen and oxygen atoms in total. The zero-order valence-electron chi connectivity index (χ0n) is 17.2. The highest BCUT2D eigenvalue weighted by molar-refractivity contribution is 6.33. The maximum absolute atomic E-state index is 14.4. The second kappa shape index (κ2) is 9.49. The number of benzene rings is 2. The van der Waals surface area contributed by atoms with Gasteiger partial charge in [0.2, 0.25) is 0 Å². The monoisotopic (exact) mass is 443 g/mol. The summed E-state index contributed by atoms with van der Waals surface area (Å²) in [6, 6.07) is 14.0. The van der Waals surface area contributed by atoms with E-state index in [0.29, 0.717) is 25.5 Å². The van der Waals surface area contributed by atoms with Crippen molar-refractivity contribution >= 4 is 17.5 Å².